The lowest BCUT2D eigenvalue weighted by molar-refractivity contribution is -0.128. The topological polar surface area (TPSA) is 35.9 Å². The lowest BCUT2D eigenvalue weighted by atomic mass is 10.0. The van der Waals surface area contributed by atoms with Gasteiger partial charge in [0.25, 0.3) is 0 Å². The van der Waals surface area contributed by atoms with Gasteiger partial charge in [-0.1, -0.05) is 11.8 Å². The summed E-state index contributed by atoms with van der Waals surface area (Å²) in [5.74, 6) is 6.80. The van der Waals surface area contributed by atoms with Gasteiger partial charge in [0.05, 0.1) is 12.1 Å². The van der Waals surface area contributed by atoms with Crippen LogP contribution in [0.25, 0.3) is 0 Å². The first kappa shape index (κ1) is 16.3. The standard InChI is InChI=1S/C21H18FN3O/c1-24-10-9-17-14-25-11-8-16(3-2-15-4-6-18(22)7-5-15)12-20(25)23-19(17)13-21(24)26/h4-8,12,14H,9-11,13H2,1H3. The van der Waals surface area contributed by atoms with Gasteiger partial charge < -0.3 is 9.80 Å². The fourth-order valence-electron chi connectivity index (χ4n) is 3.08. The molecule has 0 N–H and O–H groups in total. The Hall–Kier alpha value is -3.13. The first-order valence-electron chi connectivity index (χ1n) is 8.57. The molecule has 3 aliphatic heterocycles. The van der Waals surface area contributed by atoms with E-state index >= 15 is 0 Å². The van der Waals surface area contributed by atoms with Gasteiger partial charge in [0, 0.05) is 37.5 Å². The predicted molar refractivity (Wildman–Crippen MR) is 98.5 cm³/mol. The van der Waals surface area contributed by atoms with E-state index in [0.29, 0.717) is 13.0 Å². The number of nitrogens with zero attached hydrogens (tertiary/aromatic N) is 3. The molecule has 1 aromatic carbocycles. The summed E-state index contributed by atoms with van der Waals surface area (Å²) in [4.78, 5) is 20.7. The highest BCUT2D eigenvalue weighted by atomic mass is 19.1. The summed E-state index contributed by atoms with van der Waals surface area (Å²) in [6.07, 6.45) is 7.24. The second kappa shape index (κ2) is 6.64. The monoisotopic (exact) mass is 347 g/mol. The van der Waals surface area contributed by atoms with Crippen molar-refractivity contribution in [1.82, 2.24) is 9.80 Å². The molecule has 0 spiro atoms. The zero-order valence-corrected chi connectivity index (χ0v) is 14.5. The summed E-state index contributed by atoms with van der Waals surface area (Å²) in [7, 11) is 1.83. The fourth-order valence-corrected chi connectivity index (χ4v) is 3.08. The molecular weight excluding hydrogens is 329 g/mol. The Morgan fingerprint density at radius 2 is 2.00 bits per heavy atom. The quantitative estimate of drug-likeness (QED) is 0.677. The van der Waals surface area contributed by atoms with Crippen LogP contribution in [-0.4, -0.2) is 41.6 Å². The number of carbonyl (C=O) groups excluding carboxylic acids is 1. The van der Waals surface area contributed by atoms with E-state index in [4.69, 9.17) is 4.99 Å². The van der Waals surface area contributed by atoms with Crippen LogP contribution in [0.1, 0.15) is 18.4 Å². The predicted octanol–water partition coefficient (Wildman–Crippen LogP) is 2.85. The summed E-state index contributed by atoms with van der Waals surface area (Å²) in [6.45, 7) is 1.42. The van der Waals surface area contributed by atoms with Gasteiger partial charge in [-0.2, -0.15) is 0 Å². The average molecular weight is 347 g/mol. The number of fused-ring (bicyclic) bond motifs is 2. The molecule has 3 heterocycles. The van der Waals surface area contributed by atoms with Crippen LogP contribution in [0.5, 0.6) is 0 Å². The Kier molecular flexibility index (Phi) is 4.18. The van der Waals surface area contributed by atoms with E-state index in [2.05, 4.69) is 22.9 Å². The van der Waals surface area contributed by atoms with E-state index in [9.17, 15) is 9.18 Å². The number of aliphatic imine (C=N–C) groups is 1. The van der Waals surface area contributed by atoms with Crippen LogP contribution in [-0.2, 0) is 4.79 Å². The Bertz CT molecular complexity index is 942. The number of carbonyl (C=O) groups is 1. The van der Waals surface area contributed by atoms with Gasteiger partial charge >= 0.3 is 0 Å². The van der Waals surface area contributed by atoms with E-state index in [1.807, 2.05) is 19.2 Å². The molecule has 26 heavy (non-hydrogen) atoms. The highest BCUT2D eigenvalue weighted by molar-refractivity contribution is 6.11. The van der Waals surface area contributed by atoms with Gasteiger partial charge in [-0.05, 0) is 48.4 Å². The molecule has 1 aromatic rings. The molecule has 1 amide bonds. The Morgan fingerprint density at radius 1 is 1.19 bits per heavy atom. The first-order valence-corrected chi connectivity index (χ1v) is 8.57. The minimum Gasteiger partial charge on any atom is -0.345 e. The van der Waals surface area contributed by atoms with E-state index < -0.39 is 0 Å². The zero-order valence-electron chi connectivity index (χ0n) is 14.5. The van der Waals surface area contributed by atoms with Crippen molar-refractivity contribution in [2.24, 2.45) is 4.99 Å². The number of likely N-dealkylation sites (tertiary alicyclic amines) is 1. The molecule has 5 heteroatoms. The van der Waals surface area contributed by atoms with Gasteiger partial charge in [0.15, 0.2) is 0 Å². The number of benzene rings is 1. The van der Waals surface area contributed by atoms with Crippen LogP contribution >= 0.6 is 0 Å². The summed E-state index contributed by atoms with van der Waals surface area (Å²) < 4.78 is 13.0. The molecule has 0 atom stereocenters. The highest BCUT2D eigenvalue weighted by Gasteiger charge is 2.26. The van der Waals surface area contributed by atoms with Crippen molar-refractivity contribution in [3.05, 3.63) is 71.0 Å². The number of hydrogen-bond acceptors (Lipinski definition) is 3. The van der Waals surface area contributed by atoms with E-state index in [-0.39, 0.29) is 11.7 Å². The van der Waals surface area contributed by atoms with Gasteiger partial charge in [0.1, 0.15) is 11.6 Å². The highest BCUT2D eigenvalue weighted by Crippen LogP contribution is 2.27. The second-order valence-electron chi connectivity index (χ2n) is 6.53. The third-order valence-corrected chi connectivity index (χ3v) is 4.67. The Labute approximate surface area is 152 Å². The molecule has 3 aliphatic rings. The Balaban J connectivity index is 1.58. The number of hydrogen-bond donors (Lipinski definition) is 0. The van der Waals surface area contributed by atoms with Crippen LogP contribution in [0.15, 0.2) is 64.6 Å². The molecule has 0 radical (unpaired) electrons. The minimum absolute atomic E-state index is 0.101. The van der Waals surface area contributed by atoms with Gasteiger partial charge in [-0.25, -0.2) is 9.38 Å². The summed E-state index contributed by atoms with van der Waals surface area (Å²) >= 11 is 0. The van der Waals surface area contributed by atoms with Gasteiger partial charge in [0.2, 0.25) is 5.91 Å². The molecule has 0 saturated carbocycles. The summed E-state index contributed by atoms with van der Waals surface area (Å²) in [5.41, 5.74) is 3.63. The lowest BCUT2D eigenvalue weighted by Gasteiger charge is -2.28. The minimum atomic E-state index is -0.269. The Morgan fingerprint density at radius 3 is 2.81 bits per heavy atom. The molecular formula is C21H18FN3O. The van der Waals surface area contributed by atoms with Gasteiger partial charge in [-0.15, -0.1) is 0 Å². The summed E-state index contributed by atoms with van der Waals surface area (Å²) in [5, 5.41) is 0. The van der Waals surface area contributed by atoms with Crippen molar-refractivity contribution in [2.75, 3.05) is 20.1 Å². The maximum absolute atomic E-state index is 13.0. The van der Waals surface area contributed by atoms with E-state index in [1.54, 1.807) is 17.0 Å². The van der Waals surface area contributed by atoms with Crippen LogP contribution in [0.3, 0.4) is 0 Å². The molecule has 4 rings (SSSR count). The molecule has 0 aliphatic carbocycles. The molecule has 0 bridgehead atoms. The number of allylic oxidation sites excluding steroid dienone is 2. The van der Waals surface area contributed by atoms with Crippen molar-refractivity contribution < 1.29 is 9.18 Å². The smallest absolute Gasteiger partial charge is 0.228 e. The SMILES string of the molecule is CN1CCC2=CN3CC=C(C#Cc4ccc(F)cc4)C=C3N=C2CC1=O. The number of halogens is 1. The maximum atomic E-state index is 13.0. The largest absolute Gasteiger partial charge is 0.345 e. The van der Waals surface area contributed by atoms with Crippen molar-refractivity contribution >= 4 is 11.6 Å². The zero-order chi connectivity index (χ0) is 18.1. The van der Waals surface area contributed by atoms with Crippen molar-refractivity contribution in [3.8, 4) is 11.8 Å². The van der Waals surface area contributed by atoms with Crippen molar-refractivity contribution in [3.63, 3.8) is 0 Å². The van der Waals surface area contributed by atoms with Crippen LogP contribution < -0.4 is 0 Å². The average Bonchev–Trinajstić information content (AvgIpc) is 2.78. The molecule has 0 aromatic heterocycles. The van der Waals surface area contributed by atoms with Crippen LogP contribution in [0.2, 0.25) is 0 Å². The van der Waals surface area contributed by atoms with Crippen LogP contribution in [0, 0.1) is 17.7 Å². The van der Waals surface area contributed by atoms with E-state index in [1.165, 1.54) is 12.1 Å². The lowest BCUT2D eigenvalue weighted by Crippen LogP contribution is -2.27. The van der Waals surface area contributed by atoms with Crippen LogP contribution in [0.4, 0.5) is 4.39 Å². The number of amides is 1. The maximum Gasteiger partial charge on any atom is 0.228 e. The fraction of sp³-hybridized carbons (Fsp3) is 0.238. The van der Waals surface area contributed by atoms with E-state index in [0.717, 1.165) is 41.2 Å². The molecule has 130 valence electrons. The van der Waals surface area contributed by atoms with Crippen molar-refractivity contribution in [2.45, 2.75) is 12.8 Å². The second-order valence-corrected chi connectivity index (χ2v) is 6.53. The van der Waals surface area contributed by atoms with Gasteiger partial charge in [-0.3, -0.25) is 4.79 Å². The van der Waals surface area contributed by atoms with Crippen molar-refractivity contribution in [1.29, 1.82) is 0 Å². The molecule has 0 unspecified atom stereocenters. The summed E-state index contributed by atoms with van der Waals surface area (Å²) in [6, 6.07) is 6.13. The number of rotatable bonds is 0. The third kappa shape index (κ3) is 3.31. The first-order chi connectivity index (χ1) is 12.6. The normalized spacial score (nSPS) is 19.1. The molecule has 1 saturated heterocycles. The third-order valence-electron chi connectivity index (χ3n) is 4.67. The molecule has 4 nitrogen and oxygen atoms in total. The molecule has 1 fully saturated rings.